The third-order valence-electron chi connectivity index (χ3n) is 2.26. The number of hydrogen-bond acceptors (Lipinski definition) is 3. The zero-order valence-corrected chi connectivity index (χ0v) is 8.64. The molecule has 1 heterocycles. The van der Waals surface area contributed by atoms with Crippen LogP contribution in [0.15, 0.2) is 30.5 Å². The smallest absolute Gasteiger partial charge is 0.280 e. The van der Waals surface area contributed by atoms with E-state index in [1.54, 1.807) is 6.92 Å². The first-order valence-corrected chi connectivity index (χ1v) is 4.70. The van der Waals surface area contributed by atoms with Gasteiger partial charge in [0, 0.05) is 11.1 Å². The van der Waals surface area contributed by atoms with Crippen molar-refractivity contribution in [3.05, 3.63) is 47.4 Å². The SMILES string of the molecule is Cc1cnn(C(=O)c2cccc(F)c2)c1N. The lowest BCUT2D eigenvalue weighted by atomic mass is 10.2. The molecule has 82 valence electrons. The molecule has 4 nitrogen and oxygen atoms in total. The molecule has 0 fully saturated rings. The van der Waals surface area contributed by atoms with Crippen LogP contribution < -0.4 is 5.73 Å². The predicted molar refractivity (Wildman–Crippen MR) is 57.5 cm³/mol. The summed E-state index contributed by atoms with van der Waals surface area (Å²) in [6.07, 6.45) is 1.49. The van der Waals surface area contributed by atoms with Gasteiger partial charge in [-0.05, 0) is 25.1 Å². The Bertz CT molecular complexity index is 548. The van der Waals surface area contributed by atoms with Gasteiger partial charge in [0.05, 0.1) is 6.20 Å². The van der Waals surface area contributed by atoms with Gasteiger partial charge in [0.15, 0.2) is 0 Å². The molecular formula is C11H10FN3O. The van der Waals surface area contributed by atoms with E-state index in [0.29, 0.717) is 5.56 Å². The van der Waals surface area contributed by atoms with Crippen molar-refractivity contribution in [3.63, 3.8) is 0 Å². The lowest BCUT2D eigenvalue weighted by Gasteiger charge is -2.03. The standard InChI is InChI=1S/C11H10FN3O/c1-7-6-14-15(10(7)13)11(16)8-3-2-4-9(12)5-8/h2-6H,13H2,1H3. The molecule has 0 spiro atoms. The largest absolute Gasteiger partial charge is 0.383 e. The van der Waals surface area contributed by atoms with Crippen LogP contribution in [0.4, 0.5) is 10.2 Å². The van der Waals surface area contributed by atoms with Gasteiger partial charge in [0.2, 0.25) is 0 Å². The molecule has 0 unspecified atom stereocenters. The fourth-order valence-corrected chi connectivity index (χ4v) is 1.35. The first-order valence-electron chi connectivity index (χ1n) is 4.70. The van der Waals surface area contributed by atoms with E-state index in [-0.39, 0.29) is 11.4 Å². The van der Waals surface area contributed by atoms with Crippen LogP contribution in [0.3, 0.4) is 0 Å². The van der Waals surface area contributed by atoms with Gasteiger partial charge in [-0.25, -0.2) is 4.39 Å². The van der Waals surface area contributed by atoms with Crippen molar-refractivity contribution in [3.8, 4) is 0 Å². The summed E-state index contributed by atoms with van der Waals surface area (Å²) in [4.78, 5) is 11.9. The van der Waals surface area contributed by atoms with Crippen LogP contribution in [-0.4, -0.2) is 15.7 Å². The van der Waals surface area contributed by atoms with Gasteiger partial charge in [-0.15, -0.1) is 0 Å². The van der Waals surface area contributed by atoms with Gasteiger partial charge in [-0.1, -0.05) is 6.07 Å². The van der Waals surface area contributed by atoms with Crippen molar-refractivity contribution in [2.75, 3.05) is 5.73 Å². The van der Waals surface area contributed by atoms with Gasteiger partial charge < -0.3 is 5.73 Å². The van der Waals surface area contributed by atoms with E-state index < -0.39 is 11.7 Å². The highest BCUT2D eigenvalue weighted by molar-refractivity contribution is 5.97. The summed E-state index contributed by atoms with van der Waals surface area (Å²) < 4.78 is 14.0. The van der Waals surface area contributed by atoms with Crippen molar-refractivity contribution < 1.29 is 9.18 Å². The normalized spacial score (nSPS) is 10.4. The molecule has 0 aliphatic heterocycles. The quantitative estimate of drug-likeness (QED) is 0.792. The summed E-state index contributed by atoms with van der Waals surface area (Å²) in [6, 6.07) is 5.41. The summed E-state index contributed by atoms with van der Waals surface area (Å²) in [5.41, 5.74) is 6.59. The maximum absolute atomic E-state index is 12.9. The van der Waals surface area contributed by atoms with E-state index in [9.17, 15) is 9.18 Å². The maximum Gasteiger partial charge on any atom is 0.280 e. The topological polar surface area (TPSA) is 60.9 Å². The number of aromatic nitrogens is 2. The van der Waals surface area contributed by atoms with Crippen molar-refractivity contribution in [1.82, 2.24) is 9.78 Å². The van der Waals surface area contributed by atoms with Crippen LogP contribution in [0.1, 0.15) is 15.9 Å². The van der Waals surface area contributed by atoms with Crippen molar-refractivity contribution in [2.45, 2.75) is 6.92 Å². The average Bonchev–Trinajstić information content (AvgIpc) is 2.59. The Morgan fingerprint density at radius 2 is 2.25 bits per heavy atom. The highest BCUT2D eigenvalue weighted by Crippen LogP contribution is 2.12. The minimum Gasteiger partial charge on any atom is -0.383 e. The molecule has 0 amide bonds. The minimum atomic E-state index is -0.465. The number of carbonyl (C=O) groups excluding carboxylic acids is 1. The molecule has 0 atom stereocenters. The van der Waals surface area contributed by atoms with Gasteiger partial charge in [-0.3, -0.25) is 4.79 Å². The number of aryl methyl sites for hydroxylation is 1. The monoisotopic (exact) mass is 219 g/mol. The molecule has 0 aliphatic carbocycles. The van der Waals surface area contributed by atoms with Gasteiger partial charge >= 0.3 is 0 Å². The fourth-order valence-electron chi connectivity index (χ4n) is 1.35. The first kappa shape index (κ1) is 10.4. The fraction of sp³-hybridized carbons (Fsp3) is 0.0909. The maximum atomic E-state index is 12.9. The highest BCUT2D eigenvalue weighted by Gasteiger charge is 2.13. The average molecular weight is 219 g/mol. The van der Waals surface area contributed by atoms with Crippen molar-refractivity contribution in [2.24, 2.45) is 0 Å². The summed E-state index contributed by atoms with van der Waals surface area (Å²) >= 11 is 0. The van der Waals surface area contributed by atoms with Crippen LogP contribution in [0, 0.1) is 12.7 Å². The molecule has 0 saturated heterocycles. The number of hydrogen-bond donors (Lipinski definition) is 1. The number of nitrogen functional groups attached to an aromatic ring is 1. The van der Waals surface area contributed by atoms with Crippen molar-refractivity contribution in [1.29, 1.82) is 0 Å². The lowest BCUT2D eigenvalue weighted by molar-refractivity contribution is 0.0947. The second-order valence-corrected chi connectivity index (χ2v) is 3.44. The molecule has 2 aromatic rings. The van der Waals surface area contributed by atoms with Gasteiger partial charge in [-0.2, -0.15) is 9.78 Å². The summed E-state index contributed by atoms with van der Waals surface area (Å²) in [6.45, 7) is 1.75. The number of anilines is 1. The van der Waals surface area contributed by atoms with Crippen LogP contribution in [0.25, 0.3) is 0 Å². The van der Waals surface area contributed by atoms with Gasteiger partial charge in [0.1, 0.15) is 11.6 Å². The summed E-state index contributed by atoms with van der Waals surface area (Å²) in [7, 11) is 0. The summed E-state index contributed by atoms with van der Waals surface area (Å²) in [5, 5.41) is 3.84. The number of carbonyl (C=O) groups is 1. The van der Waals surface area contributed by atoms with E-state index in [1.165, 1.54) is 24.4 Å². The zero-order valence-electron chi connectivity index (χ0n) is 8.64. The second kappa shape index (κ2) is 3.77. The molecule has 0 aliphatic rings. The Hall–Kier alpha value is -2.17. The van der Waals surface area contributed by atoms with E-state index in [2.05, 4.69) is 5.10 Å². The molecule has 0 bridgehead atoms. The van der Waals surface area contributed by atoms with Crippen molar-refractivity contribution >= 4 is 11.7 Å². The molecular weight excluding hydrogens is 209 g/mol. The van der Waals surface area contributed by atoms with E-state index in [0.717, 1.165) is 10.7 Å². The minimum absolute atomic E-state index is 0.217. The van der Waals surface area contributed by atoms with Crippen LogP contribution in [-0.2, 0) is 0 Å². The Morgan fingerprint density at radius 3 is 2.81 bits per heavy atom. The number of nitrogens with two attached hydrogens (primary N) is 1. The molecule has 0 radical (unpaired) electrons. The third-order valence-corrected chi connectivity index (χ3v) is 2.26. The third kappa shape index (κ3) is 1.67. The number of halogens is 1. The lowest BCUT2D eigenvalue weighted by Crippen LogP contribution is -2.16. The molecule has 2 N–H and O–H groups in total. The van der Waals surface area contributed by atoms with Gasteiger partial charge in [0.25, 0.3) is 5.91 Å². The van der Waals surface area contributed by atoms with Crippen LogP contribution in [0.5, 0.6) is 0 Å². The number of nitrogens with zero attached hydrogens (tertiary/aromatic N) is 2. The number of benzene rings is 1. The highest BCUT2D eigenvalue weighted by atomic mass is 19.1. The number of rotatable bonds is 1. The second-order valence-electron chi connectivity index (χ2n) is 3.44. The van der Waals surface area contributed by atoms with E-state index in [4.69, 9.17) is 5.73 Å². The molecule has 16 heavy (non-hydrogen) atoms. The summed E-state index contributed by atoms with van der Waals surface area (Å²) in [5.74, 6) is -0.632. The molecule has 1 aromatic carbocycles. The molecule has 5 heteroatoms. The van der Waals surface area contributed by atoms with E-state index in [1.807, 2.05) is 0 Å². The van der Waals surface area contributed by atoms with Crippen LogP contribution in [0.2, 0.25) is 0 Å². The Labute approximate surface area is 91.5 Å². The molecule has 1 aromatic heterocycles. The zero-order chi connectivity index (χ0) is 11.7. The van der Waals surface area contributed by atoms with E-state index >= 15 is 0 Å². The Kier molecular flexibility index (Phi) is 2.44. The predicted octanol–water partition coefficient (Wildman–Crippen LogP) is 1.60. The first-order chi connectivity index (χ1) is 7.59. The molecule has 2 rings (SSSR count). The Morgan fingerprint density at radius 1 is 1.50 bits per heavy atom. The van der Waals surface area contributed by atoms with Crippen LogP contribution >= 0.6 is 0 Å². The Balaban J connectivity index is 2.43. The molecule has 0 saturated carbocycles.